The Labute approximate surface area is 243 Å². The minimum atomic E-state index is -2.99. The van der Waals surface area contributed by atoms with Crippen LogP contribution in [0.25, 0.3) is 11.4 Å². The first-order chi connectivity index (χ1) is 20.5. The van der Waals surface area contributed by atoms with Gasteiger partial charge in [0.2, 0.25) is 5.95 Å². The first-order valence-electron chi connectivity index (χ1n) is 14.4. The van der Waals surface area contributed by atoms with E-state index in [1.165, 1.54) is 18.1 Å². The third-order valence-electron chi connectivity index (χ3n) is 8.07. The summed E-state index contributed by atoms with van der Waals surface area (Å²) in [5.74, 6) is -2.16. The number of hydrogen-bond donors (Lipinski definition) is 2. The van der Waals surface area contributed by atoms with Crippen LogP contribution in [0.3, 0.4) is 0 Å². The van der Waals surface area contributed by atoms with Crippen LogP contribution < -0.4 is 20.3 Å². The molecule has 3 aliphatic heterocycles. The number of alkyl halides is 2. The zero-order valence-electron chi connectivity index (χ0n) is 23.3. The van der Waals surface area contributed by atoms with Gasteiger partial charge in [0.1, 0.15) is 18.1 Å². The second kappa shape index (κ2) is 12.5. The van der Waals surface area contributed by atoms with Crippen molar-refractivity contribution in [2.45, 2.75) is 37.3 Å². The van der Waals surface area contributed by atoms with Crippen LogP contribution in [0, 0.1) is 11.3 Å². The zero-order valence-corrected chi connectivity index (χ0v) is 23.3. The largest absolute Gasteiger partial charge is 0.483 e. The number of hydrogen-bond acceptors (Lipinski definition) is 10. The molecule has 1 atom stereocenters. The van der Waals surface area contributed by atoms with Crippen molar-refractivity contribution in [2.75, 3.05) is 62.7 Å². The van der Waals surface area contributed by atoms with E-state index in [4.69, 9.17) is 9.47 Å². The number of piperazine rings is 1. The van der Waals surface area contributed by atoms with Crippen LogP contribution in [-0.2, 0) is 4.74 Å². The van der Waals surface area contributed by atoms with E-state index in [1.54, 1.807) is 12.1 Å². The highest BCUT2D eigenvalue weighted by atomic mass is 19.3. The van der Waals surface area contributed by atoms with Crippen LogP contribution in [0.15, 0.2) is 48.8 Å². The lowest BCUT2D eigenvalue weighted by Gasteiger charge is -2.43. The van der Waals surface area contributed by atoms with Crippen molar-refractivity contribution in [3.8, 4) is 23.2 Å². The molecular weight excluding hydrogens is 542 g/mol. The molecule has 2 N–H and O–H groups in total. The normalized spacial score (nSPS) is 21.5. The molecule has 0 amide bonds. The number of benzene rings is 2. The molecule has 0 spiro atoms. The Morgan fingerprint density at radius 3 is 2.60 bits per heavy atom. The first-order valence-corrected chi connectivity index (χ1v) is 14.4. The molecule has 12 heteroatoms. The van der Waals surface area contributed by atoms with Gasteiger partial charge in [0, 0.05) is 56.1 Å². The van der Waals surface area contributed by atoms with Gasteiger partial charge in [0.25, 0.3) is 5.92 Å². The molecule has 42 heavy (non-hydrogen) atoms. The van der Waals surface area contributed by atoms with Crippen molar-refractivity contribution < 1.29 is 18.3 Å². The molecule has 3 aliphatic rings. The van der Waals surface area contributed by atoms with E-state index in [2.05, 4.69) is 53.6 Å². The van der Waals surface area contributed by atoms with Gasteiger partial charge in [-0.1, -0.05) is 0 Å². The van der Waals surface area contributed by atoms with E-state index >= 15 is 0 Å². The van der Waals surface area contributed by atoms with Crippen molar-refractivity contribution in [1.82, 2.24) is 25.2 Å². The van der Waals surface area contributed by atoms with E-state index in [0.29, 0.717) is 36.3 Å². The average Bonchev–Trinajstić information content (AvgIpc) is 2.97. The van der Waals surface area contributed by atoms with Crippen LogP contribution in [-0.4, -0.2) is 90.4 Å². The summed E-state index contributed by atoms with van der Waals surface area (Å²) in [6.07, 6.45) is 0.559. The number of halogens is 2. The summed E-state index contributed by atoms with van der Waals surface area (Å²) in [5, 5.41) is 16.0. The zero-order chi connectivity index (χ0) is 28.9. The fourth-order valence-electron chi connectivity index (χ4n) is 5.48. The van der Waals surface area contributed by atoms with E-state index in [-0.39, 0.29) is 30.7 Å². The molecule has 0 saturated carbocycles. The highest BCUT2D eigenvalue weighted by molar-refractivity contribution is 5.64. The number of nitriles is 1. The van der Waals surface area contributed by atoms with Crippen LogP contribution in [0.5, 0.6) is 5.75 Å². The fourth-order valence-corrected chi connectivity index (χ4v) is 5.48. The maximum absolute atomic E-state index is 14.7. The lowest BCUT2D eigenvalue weighted by molar-refractivity contribution is -0.106. The Morgan fingerprint density at radius 2 is 1.86 bits per heavy atom. The van der Waals surface area contributed by atoms with Gasteiger partial charge in [-0.3, -0.25) is 4.90 Å². The molecule has 0 bridgehead atoms. The lowest BCUT2D eigenvalue weighted by atomic mass is 10.0. The highest BCUT2D eigenvalue weighted by Crippen LogP contribution is 2.33. The summed E-state index contributed by atoms with van der Waals surface area (Å²) in [7, 11) is 0. The summed E-state index contributed by atoms with van der Waals surface area (Å²) < 4.78 is 40.4. The molecule has 10 nitrogen and oxygen atoms in total. The predicted octanol–water partition coefficient (Wildman–Crippen LogP) is 3.83. The van der Waals surface area contributed by atoms with Crippen LogP contribution in [0.1, 0.15) is 24.8 Å². The van der Waals surface area contributed by atoms with Crippen LogP contribution in [0.4, 0.5) is 26.1 Å². The number of anilines is 3. The average molecular weight is 577 g/mol. The molecule has 4 heterocycles. The van der Waals surface area contributed by atoms with Crippen LogP contribution in [0.2, 0.25) is 0 Å². The van der Waals surface area contributed by atoms with Gasteiger partial charge in [0.15, 0.2) is 11.9 Å². The molecule has 1 aromatic heterocycles. The molecule has 0 aliphatic carbocycles. The number of ether oxygens (including phenoxy) is 2. The number of aromatic nitrogens is 3. The van der Waals surface area contributed by atoms with Crippen molar-refractivity contribution in [2.24, 2.45) is 0 Å². The maximum Gasteiger partial charge on any atom is 0.285 e. The molecule has 3 fully saturated rings. The number of nitrogens with zero attached hydrogens (tertiary/aromatic N) is 6. The molecule has 3 saturated heterocycles. The summed E-state index contributed by atoms with van der Waals surface area (Å²) in [4.78, 5) is 17.9. The summed E-state index contributed by atoms with van der Waals surface area (Å²) in [5.41, 5.74) is 2.70. The van der Waals surface area contributed by atoms with E-state index in [0.717, 1.165) is 45.1 Å². The SMILES string of the molecule is N#Cc1cc(-c2ncnc(Nc3ccc(N4CCN(C5COC5)CC4)cc3)n2)ccc1OC1CCCNCCC1(F)F. The molecule has 0 radical (unpaired) electrons. The smallest absolute Gasteiger partial charge is 0.285 e. The second-order valence-corrected chi connectivity index (χ2v) is 10.9. The maximum atomic E-state index is 14.7. The summed E-state index contributed by atoms with van der Waals surface area (Å²) >= 11 is 0. The van der Waals surface area contributed by atoms with Gasteiger partial charge in [-0.2, -0.15) is 10.2 Å². The topological polar surface area (TPSA) is 111 Å². The molecule has 220 valence electrons. The van der Waals surface area contributed by atoms with E-state index in [9.17, 15) is 14.0 Å². The first kappa shape index (κ1) is 28.2. The molecule has 2 aromatic carbocycles. The quantitative estimate of drug-likeness (QED) is 0.431. The van der Waals surface area contributed by atoms with Crippen molar-refractivity contribution in [3.05, 3.63) is 54.4 Å². The highest BCUT2D eigenvalue weighted by Gasteiger charge is 2.41. The van der Waals surface area contributed by atoms with Gasteiger partial charge in [-0.15, -0.1) is 0 Å². The number of nitrogens with one attached hydrogen (secondary N) is 2. The van der Waals surface area contributed by atoms with Crippen molar-refractivity contribution in [1.29, 1.82) is 5.26 Å². The molecule has 3 aromatic rings. The molecule has 6 rings (SSSR count). The van der Waals surface area contributed by atoms with Crippen molar-refractivity contribution in [3.63, 3.8) is 0 Å². The standard InChI is InChI=1S/C30H34F2N8O2/c31-30(32)9-11-34-10-1-2-27(30)42-26-8-3-21(16-22(26)17-33)28-35-20-36-29(38-28)37-23-4-6-24(7-5-23)39-12-14-40(15-13-39)25-18-41-19-25/h3-8,16,20,25,27,34H,1-2,9-15,18-19H2,(H,35,36,37,38). The third kappa shape index (κ3) is 6.43. The van der Waals surface area contributed by atoms with Gasteiger partial charge >= 0.3 is 0 Å². The molecular formula is C30H34F2N8O2. The lowest BCUT2D eigenvalue weighted by Crippen LogP contribution is -2.56. The minimum Gasteiger partial charge on any atom is -0.483 e. The van der Waals surface area contributed by atoms with Gasteiger partial charge in [0.05, 0.1) is 24.8 Å². The minimum absolute atomic E-state index is 0.130. The Kier molecular flexibility index (Phi) is 8.41. The van der Waals surface area contributed by atoms with Crippen LogP contribution >= 0.6 is 0 Å². The predicted molar refractivity (Wildman–Crippen MR) is 154 cm³/mol. The third-order valence-corrected chi connectivity index (χ3v) is 8.07. The van der Waals surface area contributed by atoms with Gasteiger partial charge in [-0.25, -0.2) is 18.7 Å². The Bertz CT molecular complexity index is 1410. The summed E-state index contributed by atoms with van der Waals surface area (Å²) in [6, 6.07) is 15.6. The molecule has 1 unspecified atom stereocenters. The fraction of sp³-hybridized carbons (Fsp3) is 0.467. The second-order valence-electron chi connectivity index (χ2n) is 10.9. The Morgan fingerprint density at radius 1 is 1.05 bits per heavy atom. The Hall–Kier alpha value is -3.92. The van der Waals surface area contributed by atoms with Gasteiger partial charge in [-0.05, 0) is 61.9 Å². The summed E-state index contributed by atoms with van der Waals surface area (Å²) in [6.45, 7) is 6.61. The van der Waals surface area contributed by atoms with E-state index < -0.39 is 12.0 Å². The van der Waals surface area contributed by atoms with Crippen molar-refractivity contribution >= 4 is 17.3 Å². The van der Waals surface area contributed by atoms with Gasteiger partial charge < -0.3 is 25.0 Å². The Balaban J connectivity index is 1.11. The van der Waals surface area contributed by atoms with E-state index in [1.807, 2.05) is 12.1 Å². The monoisotopic (exact) mass is 576 g/mol. The number of rotatable bonds is 7.